The second-order valence-electron chi connectivity index (χ2n) is 5.53. The number of carbonyl (C=O) groups excluding carboxylic acids is 2. The quantitative estimate of drug-likeness (QED) is 0.830. The molecule has 6 nitrogen and oxygen atoms in total. The van der Waals surface area contributed by atoms with Crippen molar-refractivity contribution in [2.24, 2.45) is 5.73 Å². The summed E-state index contributed by atoms with van der Waals surface area (Å²) in [4.78, 5) is 28.7. The van der Waals surface area contributed by atoms with Crippen LogP contribution in [0.3, 0.4) is 0 Å². The van der Waals surface area contributed by atoms with E-state index in [0.29, 0.717) is 18.7 Å². The van der Waals surface area contributed by atoms with Gasteiger partial charge in [0.15, 0.2) is 0 Å². The van der Waals surface area contributed by atoms with Crippen molar-refractivity contribution in [3.63, 3.8) is 0 Å². The molecular formula is C13H17N3O3. The molecule has 0 saturated heterocycles. The number of fused-ring (bicyclic) bond motifs is 1. The maximum atomic E-state index is 11.9. The first-order chi connectivity index (χ1) is 8.76. The first-order valence-electron chi connectivity index (χ1n) is 6.02. The molecule has 1 aliphatic rings. The summed E-state index contributed by atoms with van der Waals surface area (Å²) in [5.74, 6) is -0.522. The third kappa shape index (κ3) is 3.01. The normalized spacial score (nSPS) is 14.2. The van der Waals surface area contributed by atoms with Gasteiger partial charge < -0.3 is 10.5 Å². The molecule has 0 radical (unpaired) electrons. The van der Waals surface area contributed by atoms with E-state index in [2.05, 4.69) is 4.98 Å². The van der Waals surface area contributed by atoms with Gasteiger partial charge in [0.1, 0.15) is 5.60 Å². The Morgan fingerprint density at radius 3 is 2.63 bits per heavy atom. The number of pyridine rings is 1. The largest absolute Gasteiger partial charge is 0.444 e. The van der Waals surface area contributed by atoms with Gasteiger partial charge in [0.05, 0.1) is 24.3 Å². The fraction of sp³-hybridized carbons (Fsp3) is 0.462. The first-order valence-corrected chi connectivity index (χ1v) is 6.02. The van der Waals surface area contributed by atoms with Gasteiger partial charge in [-0.05, 0) is 32.4 Å². The molecule has 2 heterocycles. The van der Waals surface area contributed by atoms with Gasteiger partial charge in [-0.15, -0.1) is 0 Å². The number of nitrogens with two attached hydrogens (primary N) is 1. The molecule has 1 aromatic heterocycles. The first kappa shape index (κ1) is 13.3. The highest BCUT2D eigenvalue weighted by Gasteiger charge is 2.28. The molecule has 0 spiro atoms. The van der Waals surface area contributed by atoms with Crippen molar-refractivity contribution in [1.29, 1.82) is 0 Å². The number of rotatable bonds is 1. The van der Waals surface area contributed by atoms with E-state index in [4.69, 9.17) is 10.5 Å². The summed E-state index contributed by atoms with van der Waals surface area (Å²) in [6, 6.07) is 1.68. The van der Waals surface area contributed by atoms with Crippen molar-refractivity contribution in [3.05, 3.63) is 29.1 Å². The minimum atomic E-state index is -0.530. The predicted molar refractivity (Wildman–Crippen MR) is 68.2 cm³/mol. The number of carbonyl (C=O) groups is 2. The van der Waals surface area contributed by atoms with Crippen LogP contribution in [0.1, 0.15) is 42.4 Å². The highest BCUT2D eigenvalue weighted by Crippen LogP contribution is 2.23. The van der Waals surface area contributed by atoms with Crippen LogP contribution in [0, 0.1) is 0 Å². The molecule has 0 saturated carbocycles. The Labute approximate surface area is 111 Å². The van der Waals surface area contributed by atoms with Gasteiger partial charge in [-0.3, -0.25) is 14.7 Å². The van der Waals surface area contributed by atoms with E-state index in [1.807, 2.05) is 20.8 Å². The number of primary amides is 1. The maximum absolute atomic E-state index is 11.9. The van der Waals surface area contributed by atoms with Gasteiger partial charge >= 0.3 is 6.09 Å². The Kier molecular flexibility index (Phi) is 3.18. The molecule has 102 valence electrons. The topological polar surface area (TPSA) is 85.5 Å². The average molecular weight is 263 g/mol. The molecule has 2 amide bonds. The standard InChI is InChI=1S/C13H17N3O3/c1-13(2,3)19-12(18)16-6-9-4-8(11(14)17)5-15-10(9)7-16/h4-5H,6-7H2,1-3H3,(H2,14,17). The lowest BCUT2D eigenvalue weighted by atomic mass is 10.1. The number of hydrogen-bond acceptors (Lipinski definition) is 4. The molecule has 0 fully saturated rings. The van der Waals surface area contributed by atoms with E-state index in [1.165, 1.54) is 6.20 Å². The Morgan fingerprint density at radius 1 is 1.37 bits per heavy atom. The summed E-state index contributed by atoms with van der Waals surface area (Å²) in [5, 5.41) is 0. The van der Waals surface area contributed by atoms with E-state index in [1.54, 1.807) is 11.0 Å². The lowest BCUT2D eigenvalue weighted by Gasteiger charge is -2.23. The number of aromatic nitrogens is 1. The van der Waals surface area contributed by atoms with Gasteiger partial charge in [0, 0.05) is 6.20 Å². The molecule has 1 aliphatic heterocycles. The third-order valence-corrected chi connectivity index (χ3v) is 2.70. The molecule has 0 aliphatic carbocycles. The molecule has 0 bridgehead atoms. The lowest BCUT2D eigenvalue weighted by Crippen LogP contribution is -2.33. The van der Waals surface area contributed by atoms with Crippen LogP contribution in [0.5, 0.6) is 0 Å². The van der Waals surface area contributed by atoms with Crippen LogP contribution in [0.15, 0.2) is 12.3 Å². The molecule has 1 aromatic rings. The summed E-state index contributed by atoms with van der Waals surface area (Å²) in [6.07, 6.45) is 1.05. The van der Waals surface area contributed by atoms with Crippen LogP contribution in [-0.2, 0) is 17.8 Å². The van der Waals surface area contributed by atoms with Crippen LogP contribution in [0.25, 0.3) is 0 Å². The van der Waals surface area contributed by atoms with E-state index in [-0.39, 0.29) is 6.09 Å². The molecule has 19 heavy (non-hydrogen) atoms. The molecule has 0 aromatic carbocycles. The highest BCUT2D eigenvalue weighted by atomic mass is 16.6. The van der Waals surface area contributed by atoms with Crippen molar-refractivity contribution in [2.75, 3.05) is 0 Å². The Hall–Kier alpha value is -2.11. The number of amides is 2. The van der Waals surface area contributed by atoms with Gasteiger partial charge in [0.25, 0.3) is 0 Å². The summed E-state index contributed by atoms with van der Waals surface area (Å²) >= 11 is 0. The van der Waals surface area contributed by atoms with Gasteiger partial charge in [0.2, 0.25) is 5.91 Å². The fourth-order valence-corrected chi connectivity index (χ4v) is 1.85. The minimum absolute atomic E-state index is 0.352. The zero-order valence-corrected chi connectivity index (χ0v) is 11.3. The summed E-state index contributed by atoms with van der Waals surface area (Å²) in [7, 11) is 0. The van der Waals surface area contributed by atoms with E-state index in [9.17, 15) is 9.59 Å². The third-order valence-electron chi connectivity index (χ3n) is 2.70. The summed E-state index contributed by atoms with van der Waals surface area (Å²) in [6.45, 7) is 6.23. The molecule has 2 N–H and O–H groups in total. The average Bonchev–Trinajstić information content (AvgIpc) is 2.68. The number of nitrogens with zero attached hydrogens (tertiary/aromatic N) is 2. The molecule has 6 heteroatoms. The molecule has 2 rings (SSSR count). The molecular weight excluding hydrogens is 246 g/mol. The molecule has 0 atom stereocenters. The summed E-state index contributed by atoms with van der Waals surface area (Å²) < 4.78 is 5.30. The van der Waals surface area contributed by atoms with E-state index < -0.39 is 11.5 Å². The van der Waals surface area contributed by atoms with Crippen LogP contribution in [0.2, 0.25) is 0 Å². The second kappa shape index (κ2) is 4.53. The van der Waals surface area contributed by atoms with E-state index >= 15 is 0 Å². The summed E-state index contributed by atoms with van der Waals surface area (Å²) in [5.41, 5.74) is 6.63. The fourth-order valence-electron chi connectivity index (χ4n) is 1.85. The lowest BCUT2D eigenvalue weighted by molar-refractivity contribution is 0.0240. The molecule has 0 unspecified atom stereocenters. The number of ether oxygens (including phenoxy) is 1. The Bertz CT molecular complexity index is 534. The monoisotopic (exact) mass is 263 g/mol. The second-order valence-corrected chi connectivity index (χ2v) is 5.53. The number of hydrogen-bond donors (Lipinski definition) is 1. The van der Waals surface area contributed by atoms with Gasteiger partial charge in [-0.2, -0.15) is 0 Å². The van der Waals surface area contributed by atoms with Gasteiger partial charge in [-0.1, -0.05) is 0 Å². The van der Waals surface area contributed by atoms with Crippen LogP contribution in [0.4, 0.5) is 4.79 Å². The van der Waals surface area contributed by atoms with Crippen molar-refractivity contribution in [2.45, 2.75) is 39.5 Å². The zero-order chi connectivity index (χ0) is 14.2. The smallest absolute Gasteiger partial charge is 0.410 e. The highest BCUT2D eigenvalue weighted by molar-refractivity contribution is 5.92. The minimum Gasteiger partial charge on any atom is -0.444 e. The SMILES string of the molecule is CC(C)(C)OC(=O)N1Cc2cc(C(N)=O)cnc2C1. The predicted octanol–water partition coefficient (Wildman–Crippen LogP) is 1.43. The van der Waals surface area contributed by atoms with Crippen molar-refractivity contribution in [1.82, 2.24) is 9.88 Å². The van der Waals surface area contributed by atoms with Crippen molar-refractivity contribution in [3.8, 4) is 0 Å². The van der Waals surface area contributed by atoms with E-state index in [0.717, 1.165) is 11.3 Å². The Morgan fingerprint density at radius 2 is 2.05 bits per heavy atom. The van der Waals surface area contributed by atoms with Crippen LogP contribution >= 0.6 is 0 Å². The van der Waals surface area contributed by atoms with Crippen molar-refractivity contribution >= 4 is 12.0 Å². The van der Waals surface area contributed by atoms with Gasteiger partial charge in [-0.25, -0.2) is 4.79 Å². The van der Waals surface area contributed by atoms with Crippen LogP contribution < -0.4 is 5.73 Å². The zero-order valence-electron chi connectivity index (χ0n) is 11.3. The Balaban J connectivity index is 2.12. The van der Waals surface area contributed by atoms with Crippen molar-refractivity contribution < 1.29 is 14.3 Å². The van der Waals surface area contributed by atoms with Crippen LogP contribution in [-0.4, -0.2) is 27.5 Å². The maximum Gasteiger partial charge on any atom is 0.410 e.